The van der Waals surface area contributed by atoms with Gasteiger partial charge >= 0.3 is 0 Å². The third-order valence-corrected chi connectivity index (χ3v) is 3.64. The van der Waals surface area contributed by atoms with Crippen LogP contribution in [0.1, 0.15) is 0 Å². The van der Waals surface area contributed by atoms with Gasteiger partial charge < -0.3 is 14.6 Å². The second kappa shape index (κ2) is 7.14. The summed E-state index contributed by atoms with van der Waals surface area (Å²) in [6.07, 6.45) is 0.620. The zero-order chi connectivity index (χ0) is 16.9. The molecule has 1 heterocycles. The lowest BCUT2D eigenvalue weighted by Crippen LogP contribution is -2.30. The van der Waals surface area contributed by atoms with Crippen molar-refractivity contribution in [3.8, 4) is 11.5 Å². The molecule has 3 rings (SSSR count). The van der Waals surface area contributed by atoms with E-state index >= 15 is 0 Å². The molecule has 0 saturated heterocycles. The molecule has 0 fully saturated rings. The van der Waals surface area contributed by atoms with Crippen LogP contribution in [0.3, 0.4) is 0 Å². The summed E-state index contributed by atoms with van der Waals surface area (Å²) in [6.45, 7) is 0.193. The molecule has 124 valence electrons. The molecule has 0 spiro atoms. The van der Waals surface area contributed by atoms with Crippen molar-refractivity contribution >= 4 is 10.9 Å². The van der Waals surface area contributed by atoms with Crippen LogP contribution in [0.2, 0.25) is 0 Å². The minimum absolute atomic E-state index is 0.0750. The van der Waals surface area contributed by atoms with Crippen LogP contribution in [0.15, 0.2) is 59.7 Å². The van der Waals surface area contributed by atoms with Crippen LogP contribution in [0.25, 0.3) is 10.9 Å². The van der Waals surface area contributed by atoms with Crippen LogP contribution in [0.4, 0.5) is 0 Å². The summed E-state index contributed by atoms with van der Waals surface area (Å²) in [4.78, 5) is 16.6. The summed E-state index contributed by atoms with van der Waals surface area (Å²) in [5, 5.41) is 10.7. The molecule has 0 aliphatic rings. The fourth-order valence-electron chi connectivity index (χ4n) is 2.38. The molecule has 0 aliphatic heterocycles. The summed E-state index contributed by atoms with van der Waals surface area (Å²) >= 11 is 0. The highest BCUT2D eigenvalue weighted by Crippen LogP contribution is 2.17. The van der Waals surface area contributed by atoms with E-state index in [2.05, 4.69) is 4.98 Å². The zero-order valence-electron chi connectivity index (χ0n) is 13.3. The molecule has 0 bridgehead atoms. The van der Waals surface area contributed by atoms with Gasteiger partial charge in [-0.15, -0.1) is 0 Å². The molecule has 0 amide bonds. The monoisotopic (exact) mass is 326 g/mol. The number of aliphatic hydroxyl groups is 1. The molecule has 6 heteroatoms. The topological polar surface area (TPSA) is 73.6 Å². The first-order valence-electron chi connectivity index (χ1n) is 7.56. The first-order chi connectivity index (χ1) is 11.7. The molecular weight excluding hydrogens is 308 g/mol. The highest BCUT2D eigenvalue weighted by atomic mass is 16.5. The van der Waals surface area contributed by atoms with Crippen molar-refractivity contribution in [2.75, 3.05) is 13.7 Å². The Bertz CT molecular complexity index is 874. The Labute approximate surface area is 138 Å². The number of hydrogen-bond acceptors (Lipinski definition) is 5. The number of benzene rings is 2. The van der Waals surface area contributed by atoms with Crippen LogP contribution in [-0.4, -0.2) is 34.5 Å². The lowest BCUT2D eigenvalue weighted by Gasteiger charge is -2.14. The number of hydrogen-bond donors (Lipinski definition) is 1. The van der Waals surface area contributed by atoms with Crippen molar-refractivity contribution in [1.82, 2.24) is 9.55 Å². The maximum absolute atomic E-state index is 12.4. The molecule has 24 heavy (non-hydrogen) atoms. The summed E-state index contributed by atoms with van der Waals surface area (Å²) < 4.78 is 12.0. The Morgan fingerprint density at radius 1 is 1.12 bits per heavy atom. The molecule has 0 radical (unpaired) electrons. The van der Waals surface area contributed by atoms with Gasteiger partial charge in [0.2, 0.25) is 0 Å². The maximum atomic E-state index is 12.4. The summed E-state index contributed by atoms with van der Waals surface area (Å²) in [5.41, 5.74) is 0.465. The smallest absolute Gasteiger partial charge is 0.261 e. The van der Waals surface area contributed by atoms with Gasteiger partial charge in [0.1, 0.15) is 24.2 Å². The number of rotatable bonds is 6. The molecule has 0 saturated carbocycles. The molecule has 0 aliphatic carbocycles. The van der Waals surface area contributed by atoms with E-state index in [0.717, 1.165) is 5.75 Å². The second-order valence-electron chi connectivity index (χ2n) is 5.36. The number of ether oxygens (including phenoxy) is 2. The van der Waals surface area contributed by atoms with Gasteiger partial charge in [-0.1, -0.05) is 12.1 Å². The van der Waals surface area contributed by atoms with Crippen molar-refractivity contribution in [3.63, 3.8) is 0 Å². The lowest BCUT2D eigenvalue weighted by atomic mass is 10.2. The third-order valence-electron chi connectivity index (χ3n) is 3.64. The highest BCUT2D eigenvalue weighted by Gasteiger charge is 2.10. The fraction of sp³-hybridized carbons (Fsp3) is 0.222. The van der Waals surface area contributed by atoms with Gasteiger partial charge in [-0.05, 0) is 36.4 Å². The van der Waals surface area contributed by atoms with E-state index in [1.165, 1.54) is 10.9 Å². The van der Waals surface area contributed by atoms with Crippen molar-refractivity contribution in [2.24, 2.45) is 0 Å². The van der Waals surface area contributed by atoms with E-state index in [1.54, 1.807) is 49.6 Å². The van der Waals surface area contributed by atoms with Crippen molar-refractivity contribution in [1.29, 1.82) is 0 Å². The quantitative estimate of drug-likeness (QED) is 0.748. The predicted molar refractivity (Wildman–Crippen MR) is 90.5 cm³/mol. The van der Waals surface area contributed by atoms with Gasteiger partial charge in [0.25, 0.3) is 5.56 Å². The number of methoxy groups -OCH3 is 1. The second-order valence-corrected chi connectivity index (χ2v) is 5.36. The average Bonchev–Trinajstić information content (AvgIpc) is 2.63. The maximum Gasteiger partial charge on any atom is 0.261 e. The van der Waals surface area contributed by atoms with Gasteiger partial charge in [0, 0.05) is 0 Å². The van der Waals surface area contributed by atoms with Crippen LogP contribution < -0.4 is 15.0 Å². The molecule has 1 atom stereocenters. The van der Waals surface area contributed by atoms with Gasteiger partial charge in [0.05, 0.1) is 30.9 Å². The van der Waals surface area contributed by atoms with E-state index in [9.17, 15) is 9.90 Å². The van der Waals surface area contributed by atoms with Gasteiger partial charge in [0.15, 0.2) is 0 Å². The number of para-hydroxylation sites is 1. The summed E-state index contributed by atoms with van der Waals surface area (Å²) in [7, 11) is 1.59. The Balaban J connectivity index is 1.65. The first-order valence-corrected chi connectivity index (χ1v) is 7.56. The van der Waals surface area contributed by atoms with Crippen LogP contribution in [-0.2, 0) is 6.54 Å². The van der Waals surface area contributed by atoms with Gasteiger partial charge in [-0.3, -0.25) is 9.36 Å². The number of aromatic nitrogens is 2. The molecule has 1 unspecified atom stereocenters. The SMILES string of the molecule is COc1ccc(OCC(O)Cn2cnc3ccccc3c2=O)cc1. The Hall–Kier alpha value is -2.86. The minimum atomic E-state index is -0.826. The first kappa shape index (κ1) is 16.0. The number of aliphatic hydroxyl groups excluding tert-OH is 1. The molecule has 2 aromatic carbocycles. The van der Waals surface area contributed by atoms with Crippen LogP contribution in [0, 0.1) is 0 Å². The molecule has 6 nitrogen and oxygen atoms in total. The van der Waals surface area contributed by atoms with E-state index < -0.39 is 6.10 Å². The van der Waals surface area contributed by atoms with Crippen molar-refractivity contribution in [3.05, 3.63) is 65.2 Å². The van der Waals surface area contributed by atoms with E-state index in [4.69, 9.17) is 9.47 Å². The minimum Gasteiger partial charge on any atom is -0.497 e. The lowest BCUT2D eigenvalue weighted by molar-refractivity contribution is 0.0914. The Morgan fingerprint density at radius 2 is 1.83 bits per heavy atom. The summed E-state index contributed by atoms with van der Waals surface area (Å²) in [6, 6.07) is 14.2. The van der Waals surface area contributed by atoms with Gasteiger partial charge in [-0.25, -0.2) is 4.98 Å². The predicted octanol–water partition coefficient (Wildman–Crippen LogP) is 1.84. The third kappa shape index (κ3) is 3.55. The fourth-order valence-corrected chi connectivity index (χ4v) is 2.38. The molecule has 1 N–H and O–H groups in total. The van der Waals surface area contributed by atoms with Crippen LogP contribution >= 0.6 is 0 Å². The normalized spacial score (nSPS) is 12.1. The molecule has 3 aromatic rings. The standard InChI is InChI=1S/C18H18N2O4/c1-23-14-6-8-15(9-7-14)24-11-13(21)10-20-12-19-17-5-3-2-4-16(17)18(20)22/h2-9,12-13,21H,10-11H2,1H3. The Morgan fingerprint density at radius 3 is 2.58 bits per heavy atom. The number of nitrogens with zero attached hydrogens (tertiary/aromatic N) is 2. The van der Waals surface area contributed by atoms with Crippen LogP contribution in [0.5, 0.6) is 11.5 Å². The number of fused-ring (bicyclic) bond motifs is 1. The van der Waals surface area contributed by atoms with E-state index in [0.29, 0.717) is 16.7 Å². The largest absolute Gasteiger partial charge is 0.497 e. The Kier molecular flexibility index (Phi) is 4.77. The highest BCUT2D eigenvalue weighted by molar-refractivity contribution is 5.76. The summed E-state index contributed by atoms with van der Waals surface area (Å²) in [5.74, 6) is 1.36. The van der Waals surface area contributed by atoms with Crippen molar-refractivity contribution in [2.45, 2.75) is 12.6 Å². The molecule has 1 aromatic heterocycles. The van der Waals surface area contributed by atoms with E-state index in [1.807, 2.05) is 6.07 Å². The van der Waals surface area contributed by atoms with Crippen molar-refractivity contribution < 1.29 is 14.6 Å². The average molecular weight is 326 g/mol. The van der Waals surface area contributed by atoms with Gasteiger partial charge in [-0.2, -0.15) is 0 Å². The van der Waals surface area contributed by atoms with E-state index in [-0.39, 0.29) is 18.7 Å². The zero-order valence-corrected chi connectivity index (χ0v) is 13.3. The molecular formula is C18H18N2O4.